The first-order valence-corrected chi connectivity index (χ1v) is 6.37. The predicted octanol–water partition coefficient (Wildman–Crippen LogP) is 1.92. The Morgan fingerprint density at radius 1 is 1.62 bits per heavy atom. The van der Waals surface area contributed by atoms with E-state index in [1.54, 1.807) is 16.8 Å². The molecule has 5 heteroatoms. The third kappa shape index (κ3) is 3.57. The second kappa shape index (κ2) is 6.60. The number of aromatic nitrogens is 1. The fourth-order valence-corrected chi connectivity index (χ4v) is 2.13. The summed E-state index contributed by atoms with van der Waals surface area (Å²) in [6, 6.07) is -0.179. The van der Waals surface area contributed by atoms with Gasteiger partial charge < -0.3 is 4.74 Å². The molecular formula is C11H18N2O2S. The van der Waals surface area contributed by atoms with Crippen LogP contribution in [-0.2, 0) is 16.1 Å². The molecule has 0 saturated carbocycles. The summed E-state index contributed by atoms with van der Waals surface area (Å²) in [6.45, 7) is 4.92. The molecule has 0 aliphatic heterocycles. The molecular weight excluding hydrogens is 224 g/mol. The van der Waals surface area contributed by atoms with Crippen LogP contribution in [0.1, 0.15) is 26.0 Å². The summed E-state index contributed by atoms with van der Waals surface area (Å²) in [5.41, 5.74) is 2.80. The van der Waals surface area contributed by atoms with Gasteiger partial charge in [0.25, 0.3) is 0 Å². The van der Waals surface area contributed by atoms with Gasteiger partial charge >= 0.3 is 5.97 Å². The minimum absolute atomic E-state index is 0.150. The molecule has 0 aromatic carbocycles. The Bertz CT molecular complexity index is 314. The number of carbonyl (C=O) groups excluding carboxylic acids is 1. The smallest absolute Gasteiger partial charge is 0.323 e. The first kappa shape index (κ1) is 13.1. The van der Waals surface area contributed by atoms with Crippen LogP contribution in [0.3, 0.4) is 0 Å². The lowest BCUT2D eigenvalue weighted by molar-refractivity contribution is -0.149. The number of hydrogen-bond donors (Lipinski definition) is 0. The zero-order valence-electron chi connectivity index (χ0n) is 9.97. The number of nitrogens with zero attached hydrogens (tertiary/aromatic N) is 2. The zero-order valence-corrected chi connectivity index (χ0v) is 10.8. The van der Waals surface area contributed by atoms with Gasteiger partial charge in [-0.3, -0.25) is 9.69 Å². The number of thiazole rings is 1. The predicted molar refractivity (Wildman–Crippen MR) is 64.3 cm³/mol. The van der Waals surface area contributed by atoms with Crippen molar-refractivity contribution >= 4 is 17.3 Å². The zero-order chi connectivity index (χ0) is 12.0. The Labute approximate surface area is 100 Å². The Morgan fingerprint density at radius 2 is 2.38 bits per heavy atom. The van der Waals surface area contributed by atoms with Crippen LogP contribution in [0, 0.1) is 0 Å². The van der Waals surface area contributed by atoms with Gasteiger partial charge in [-0.2, -0.15) is 0 Å². The summed E-state index contributed by atoms with van der Waals surface area (Å²) in [4.78, 5) is 17.8. The highest BCUT2D eigenvalue weighted by molar-refractivity contribution is 7.07. The molecule has 0 spiro atoms. The average molecular weight is 242 g/mol. The molecule has 0 aliphatic carbocycles. The molecule has 1 heterocycles. The van der Waals surface area contributed by atoms with Gasteiger partial charge in [0, 0.05) is 11.9 Å². The molecule has 1 aromatic heterocycles. The third-order valence-corrected chi connectivity index (χ3v) is 3.01. The Hall–Kier alpha value is -0.940. The van der Waals surface area contributed by atoms with Crippen molar-refractivity contribution in [3.63, 3.8) is 0 Å². The quantitative estimate of drug-likeness (QED) is 0.715. The van der Waals surface area contributed by atoms with Crippen molar-refractivity contribution in [2.24, 2.45) is 0 Å². The van der Waals surface area contributed by atoms with Gasteiger partial charge in [-0.05, 0) is 20.4 Å². The average Bonchev–Trinajstić information content (AvgIpc) is 2.71. The SMILES string of the molecule is CCOC(=O)C(CC)N(C)Cc1cscn1. The first-order chi connectivity index (χ1) is 7.69. The standard InChI is InChI=1S/C11H18N2O2S/c1-4-10(11(14)15-5-2)13(3)6-9-7-16-8-12-9/h7-8,10H,4-6H2,1-3H3. The van der Waals surface area contributed by atoms with E-state index >= 15 is 0 Å². The van der Waals surface area contributed by atoms with Gasteiger partial charge in [0.1, 0.15) is 6.04 Å². The molecule has 0 N–H and O–H groups in total. The van der Waals surface area contributed by atoms with Gasteiger partial charge in [0.05, 0.1) is 17.8 Å². The summed E-state index contributed by atoms with van der Waals surface area (Å²) < 4.78 is 5.04. The van der Waals surface area contributed by atoms with E-state index in [0.29, 0.717) is 13.2 Å². The van der Waals surface area contributed by atoms with Crippen molar-refractivity contribution in [3.8, 4) is 0 Å². The summed E-state index contributed by atoms with van der Waals surface area (Å²) in [6.07, 6.45) is 0.749. The molecule has 0 amide bonds. The molecule has 16 heavy (non-hydrogen) atoms. The van der Waals surface area contributed by atoms with E-state index < -0.39 is 0 Å². The summed E-state index contributed by atoms with van der Waals surface area (Å²) in [5.74, 6) is -0.150. The number of carbonyl (C=O) groups is 1. The second-order valence-electron chi connectivity index (χ2n) is 3.57. The number of ether oxygens (including phenoxy) is 1. The van der Waals surface area contributed by atoms with E-state index in [4.69, 9.17) is 4.74 Å². The maximum atomic E-state index is 11.7. The van der Waals surface area contributed by atoms with E-state index in [0.717, 1.165) is 12.1 Å². The monoisotopic (exact) mass is 242 g/mol. The maximum absolute atomic E-state index is 11.7. The van der Waals surface area contributed by atoms with Crippen LogP contribution < -0.4 is 0 Å². The van der Waals surface area contributed by atoms with Gasteiger partial charge in [-0.25, -0.2) is 4.98 Å². The van der Waals surface area contributed by atoms with Crippen molar-refractivity contribution in [2.45, 2.75) is 32.9 Å². The van der Waals surface area contributed by atoms with Crippen LogP contribution in [0.15, 0.2) is 10.9 Å². The molecule has 1 atom stereocenters. The molecule has 90 valence electrons. The van der Waals surface area contributed by atoms with Crippen LogP contribution in [0.2, 0.25) is 0 Å². The van der Waals surface area contributed by atoms with Crippen LogP contribution in [0.25, 0.3) is 0 Å². The number of rotatable bonds is 6. The summed E-state index contributed by atoms with van der Waals surface area (Å²) in [7, 11) is 1.92. The van der Waals surface area contributed by atoms with Crippen molar-refractivity contribution in [2.75, 3.05) is 13.7 Å². The highest BCUT2D eigenvalue weighted by Gasteiger charge is 2.22. The van der Waals surface area contributed by atoms with E-state index in [1.165, 1.54) is 0 Å². The van der Waals surface area contributed by atoms with Gasteiger partial charge in [0.15, 0.2) is 0 Å². The molecule has 4 nitrogen and oxygen atoms in total. The van der Waals surface area contributed by atoms with Crippen molar-refractivity contribution in [1.82, 2.24) is 9.88 Å². The summed E-state index contributed by atoms with van der Waals surface area (Å²) >= 11 is 1.57. The Balaban J connectivity index is 2.55. The Kier molecular flexibility index (Phi) is 5.42. The molecule has 1 aromatic rings. The highest BCUT2D eigenvalue weighted by atomic mass is 32.1. The van der Waals surface area contributed by atoms with E-state index in [2.05, 4.69) is 4.98 Å². The number of hydrogen-bond acceptors (Lipinski definition) is 5. The van der Waals surface area contributed by atoms with Crippen LogP contribution in [0.5, 0.6) is 0 Å². The van der Waals surface area contributed by atoms with Crippen LogP contribution in [0.4, 0.5) is 0 Å². The largest absolute Gasteiger partial charge is 0.465 e. The maximum Gasteiger partial charge on any atom is 0.323 e. The molecule has 1 unspecified atom stereocenters. The van der Waals surface area contributed by atoms with Crippen LogP contribution in [-0.4, -0.2) is 35.5 Å². The first-order valence-electron chi connectivity index (χ1n) is 5.43. The van der Waals surface area contributed by atoms with Gasteiger partial charge in [0.2, 0.25) is 0 Å². The minimum atomic E-state index is -0.179. The van der Waals surface area contributed by atoms with Gasteiger partial charge in [-0.15, -0.1) is 11.3 Å². The number of esters is 1. The highest BCUT2D eigenvalue weighted by Crippen LogP contribution is 2.10. The van der Waals surface area contributed by atoms with E-state index in [9.17, 15) is 4.79 Å². The molecule has 0 fully saturated rings. The lowest BCUT2D eigenvalue weighted by Gasteiger charge is -2.24. The molecule has 0 aliphatic rings. The lowest BCUT2D eigenvalue weighted by Crippen LogP contribution is -2.38. The summed E-state index contributed by atoms with van der Waals surface area (Å²) in [5, 5.41) is 1.99. The van der Waals surface area contributed by atoms with E-state index in [1.807, 2.05) is 31.2 Å². The van der Waals surface area contributed by atoms with Crippen molar-refractivity contribution in [3.05, 3.63) is 16.6 Å². The normalized spacial score (nSPS) is 12.8. The van der Waals surface area contributed by atoms with Crippen molar-refractivity contribution < 1.29 is 9.53 Å². The Morgan fingerprint density at radius 3 is 2.88 bits per heavy atom. The number of likely N-dealkylation sites (N-methyl/N-ethyl adjacent to an activating group) is 1. The molecule has 0 bridgehead atoms. The van der Waals surface area contributed by atoms with Gasteiger partial charge in [-0.1, -0.05) is 6.92 Å². The third-order valence-electron chi connectivity index (χ3n) is 2.37. The van der Waals surface area contributed by atoms with Crippen molar-refractivity contribution in [1.29, 1.82) is 0 Å². The fourth-order valence-electron chi connectivity index (χ4n) is 1.58. The minimum Gasteiger partial charge on any atom is -0.465 e. The second-order valence-corrected chi connectivity index (χ2v) is 4.29. The topological polar surface area (TPSA) is 42.4 Å². The van der Waals surface area contributed by atoms with E-state index in [-0.39, 0.29) is 12.0 Å². The van der Waals surface area contributed by atoms with Crippen LogP contribution >= 0.6 is 11.3 Å². The fraction of sp³-hybridized carbons (Fsp3) is 0.636. The molecule has 0 radical (unpaired) electrons. The molecule has 0 saturated heterocycles. The molecule has 1 rings (SSSR count). The lowest BCUT2D eigenvalue weighted by atomic mass is 10.2.